The van der Waals surface area contributed by atoms with Crippen LogP contribution in [0.15, 0.2) is 12.1 Å². The van der Waals surface area contributed by atoms with Crippen molar-refractivity contribution in [2.45, 2.75) is 52.6 Å². The van der Waals surface area contributed by atoms with E-state index < -0.39 is 87.4 Å². The van der Waals surface area contributed by atoms with Gasteiger partial charge in [0.05, 0.1) is 11.0 Å². The number of rotatable bonds is 10. The van der Waals surface area contributed by atoms with Gasteiger partial charge in [0, 0.05) is 25.2 Å². The average molecular weight is 542 g/mol. The van der Waals surface area contributed by atoms with Crippen molar-refractivity contribution in [3.05, 3.63) is 58.7 Å². The van der Waals surface area contributed by atoms with Crippen molar-refractivity contribution in [2.75, 3.05) is 6.61 Å². The van der Waals surface area contributed by atoms with Crippen molar-refractivity contribution in [2.24, 2.45) is 5.41 Å². The molecule has 2 rings (SSSR count). The van der Waals surface area contributed by atoms with Crippen molar-refractivity contribution >= 4 is 11.9 Å². The number of benzene rings is 2. The first-order valence-electron chi connectivity index (χ1n) is 10.7. The van der Waals surface area contributed by atoms with E-state index >= 15 is 0 Å². The summed E-state index contributed by atoms with van der Waals surface area (Å²) in [5.41, 5.74) is -2.54. The van der Waals surface area contributed by atoms with Gasteiger partial charge in [-0.3, -0.25) is 9.59 Å². The second kappa shape index (κ2) is 11.4. The van der Waals surface area contributed by atoms with Gasteiger partial charge in [-0.2, -0.15) is 17.6 Å². The summed E-state index contributed by atoms with van der Waals surface area (Å²) in [7, 11) is 0. The number of ether oxygens (including phenoxy) is 3. The molecule has 0 bridgehead atoms. The molecule has 0 atom stereocenters. The summed E-state index contributed by atoms with van der Waals surface area (Å²) in [6.45, 7) is 5.47. The Labute approximate surface area is 206 Å². The summed E-state index contributed by atoms with van der Waals surface area (Å²) in [6.07, 6.45) is -0.699. The fourth-order valence-electron chi connectivity index (χ4n) is 2.84. The topological polar surface area (TPSA) is 61.8 Å². The first-order valence-corrected chi connectivity index (χ1v) is 10.7. The molecular weight excluding hydrogens is 520 g/mol. The predicted octanol–water partition coefficient (Wildman–Crippen LogP) is 6.30. The maximum absolute atomic E-state index is 13.8. The molecule has 2 aromatic rings. The summed E-state index contributed by atoms with van der Waals surface area (Å²) in [4.78, 5) is 24.3. The highest BCUT2D eigenvalue weighted by Gasteiger charge is 2.34. The average Bonchev–Trinajstić information content (AvgIpc) is 2.80. The van der Waals surface area contributed by atoms with E-state index in [4.69, 9.17) is 4.74 Å². The Morgan fingerprint density at radius 1 is 0.676 bits per heavy atom. The van der Waals surface area contributed by atoms with Crippen LogP contribution in [0.1, 0.15) is 47.0 Å². The monoisotopic (exact) mass is 542 g/mol. The molecule has 0 aromatic heterocycles. The van der Waals surface area contributed by atoms with Gasteiger partial charge in [-0.25, -0.2) is 17.6 Å². The summed E-state index contributed by atoms with van der Waals surface area (Å²) < 4.78 is 123. The lowest BCUT2D eigenvalue weighted by atomic mass is 9.89. The second-order valence-corrected chi connectivity index (χ2v) is 9.20. The van der Waals surface area contributed by atoms with Crippen molar-refractivity contribution < 1.29 is 58.9 Å². The third-order valence-electron chi connectivity index (χ3n) is 5.26. The molecule has 0 aliphatic carbocycles. The number of esters is 2. The van der Waals surface area contributed by atoms with Crippen LogP contribution in [0, 0.1) is 52.0 Å². The van der Waals surface area contributed by atoms with E-state index in [1.807, 2.05) is 0 Å². The SMILES string of the molecule is CC(C)(CCC(=O)Oc1c(F)c(F)cc(F)c1F)OCCC(C)(C)C(=O)Oc1c(F)c(F)cc(F)c1F. The Balaban J connectivity index is 1.92. The molecule has 5 nitrogen and oxygen atoms in total. The smallest absolute Gasteiger partial charge is 0.317 e. The van der Waals surface area contributed by atoms with E-state index in [1.54, 1.807) is 0 Å². The third kappa shape index (κ3) is 7.40. The fraction of sp³-hybridized carbons (Fsp3) is 0.417. The molecule has 0 fully saturated rings. The van der Waals surface area contributed by atoms with Crippen LogP contribution in [0.3, 0.4) is 0 Å². The second-order valence-electron chi connectivity index (χ2n) is 9.20. The lowest BCUT2D eigenvalue weighted by molar-refractivity contribution is -0.146. The molecule has 0 saturated heterocycles. The molecule has 0 saturated carbocycles. The third-order valence-corrected chi connectivity index (χ3v) is 5.26. The molecule has 0 spiro atoms. The van der Waals surface area contributed by atoms with Crippen molar-refractivity contribution in [3.63, 3.8) is 0 Å². The quantitative estimate of drug-likeness (QED) is 0.153. The Kier molecular flexibility index (Phi) is 9.28. The van der Waals surface area contributed by atoms with Gasteiger partial charge in [0.25, 0.3) is 0 Å². The standard InChI is InChI=1S/C24H22F8O5/c1-23(2,22(34)37-21-18(31)13(27)10-14(28)19(21)32)7-8-35-24(3,4)6-5-15(33)36-20-16(29)11(25)9-12(26)17(20)30/h9-10H,5-8H2,1-4H3. The summed E-state index contributed by atoms with van der Waals surface area (Å²) >= 11 is 0. The van der Waals surface area contributed by atoms with Crippen LogP contribution >= 0.6 is 0 Å². The molecule has 13 heteroatoms. The highest BCUT2D eigenvalue weighted by Crippen LogP contribution is 2.31. The van der Waals surface area contributed by atoms with Gasteiger partial charge in [-0.05, 0) is 40.5 Å². The molecular formula is C24H22F8O5. The minimum absolute atomic E-state index is 0.0394. The van der Waals surface area contributed by atoms with Crippen LogP contribution < -0.4 is 9.47 Å². The number of halogens is 8. The molecule has 2 aromatic carbocycles. The first kappa shape index (κ1) is 30.0. The van der Waals surface area contributed by atoms with Crippen LogP contribution in [0.2, 0.25) is 0 Å². The minimum Gasteiger partial charge on any atom is -0.420 e. The Morgan fingerprint density at radius 3 is 1.51 bits per heavy atom. The zero-order valence-corrected chi connectivity index (χ0v) is 20.0. The number of carbonyl (C=O) groups is 2. The van der Waals surface area contributed by atoms with E-state index in [0.29, 0.717) is 0 Å². The molecule has 0 radical (unpaired) electrons. The molecule has 0 aliphatic rings. The Morgan fingerprint density at radius 2 is 1.08 bits per heavy atom. The van der Waals surface area contributed by atoms with Crippen molar-refractivity contribution in [3.8, 4) is 11.5 Å². The van der Waals surface area contributed by atoms with Gasteiger partial charge in [-0.1, -0.05) is 0 Å². The molecule has 204 valence electrons. The summed E-state index contributed by atoms with van der Waals surface area (Å²) in [6, 6.07) is -0.0814. The van der Waals surface area contributed by atoms with E-state index in [-0.39, 0.29) is 31.6 Å². The maximum atomic E-state index is 13.8. The molecule has 0 unspecified atom stereocenters. The number of hydrogen-bond acceptors (Lipinski definition) is 5. The van der Waals surface area contributed by atoms with Crippen LogP contribution in [-0.4, -0.2) is 24.1 Å². The highest BCUT2D eigenvalue weighted by molar-refractivity contribution is 5.78. The minimum atomic E-state index is -1.88. The molecule has 37 heavy (non-hydrogen) atoms. The van der Waals surface area contributed by atoms with Gasteiger partial charge in [0.15, 0.2) is 23.3 Å². The summed E-state index contributed by atoms with van der Waals surface area (Å²) in [5.74, 6) is -20.0. The highest BCUT2D eigenvalue weighted by atomic mass is 19.2. The van der Waals surface area contributed by atoms with Crippen LogP contribution in [0.5, 0.6) is 11.5 Å². The zero-order chi connectivity index (χ0) is 28.3. The van der Waals surface area contributed by atoms with Gasteiger partial charge >= 0.3 is 11.9 Å². The van der Waals surface area contributed by atoms with E-state index in [1.165, 1.54) is 27.7 Å². The largest absolute Gasteiger partial charge is 0.420 e. The van der Waals surface area contributed by atoms with E-state index in [9.17, 15) is 44.7 Å². The molecule has 0 N–H and O–H groups in total. The number of carbonyl (C=O) groups excluding carboxylic acids is 2. The van der Waals surface area contributed by atoms with Gasteiger partial charge in [0.2, 0.25) is 34.8 Å². The van der Waals surface area contributed by atoms with Crippen LogP contribution in [0.4, 0.5) is 35.1 Å². The Bertz CT molecular complexity index is 1140. The van der Waals surface area contributed by atoms with Crippen molar-refractivity contribution in [1.82, 2.24) is 0 Å². The molecule has 0 heterocycles. The predicted molar refractivity (Wildman–Crippen MR) is 111 cm³/mol. The number of hydrogen-bond donors (Lipinski definition) is 0. The maximum Gasteiger partial charge on any atom is 0.317 e. The van der Waals surface area contributed by atoms with Gasteiger partial charge in [0.1, 0.15) is 0 Å². The lowest BCUT2D eigenvalue weighted by Gasteiger charge is -2.28. The van der Waals surface area contributed by atoms with Gasteiger partial charge < -0.3 is 14.2 Å². The van der Waals surface area contributed by atoms with Crippen LogP contribution in [-0.2, 0) is 14.3 Å². The normalized spacial score (nSPS) is 12.0. The molecule has 0 amide bonds. The zero-order valence-electron chi connectivity index (χ0n) is 20.0. The van der Waals surface area contributed by atoms with Gasteiger partial charge in [-0.15, -0.1) is 0 Å². The fourth-order valence-corrected chi connectivity index (χ4v) is 2.84. The van der Waals surface area contributed by atoms with Crippen molar-refractivity contribution in [1.29, 1.82) is 0 Å². The molecule has 0 aliphatic heterocycles. The van der Waals surface area contributed by atoms with E-state index in [0.717, 1.165) is 0 Å². The first-order chi connectivity index (χ1) is 17.0. The lowest BCUT2D eigenvalue weighted by Crippen LogP contribution is -2.33. The van der Waals surface area contributed by atoms with Crippen LogP contribution in [0.25, 0.3) is 0 Å². The summed E-state index contributed by atoms with van der Waals surface area (Å²) in [5, 5.41) is 0. The van der Waals surface area contributed by atoms with E-state index in [2.05, 4.69) is 9.47 Å². The Hall–Kier alpha value is -3.22.